The maximum absolute atomic E-state index is 13.0. The largest absolute Gasteiger partial charge is 0.478 e. The summed E-state index contributed by atoms with van der Waals surface area (Å²) >= 11 is 1.58. The molecule has 2 aliphatic heterocycles. The Morgan fingerprint density at radius 1 is 1.14 bits per heavy atom. The van der Waals surface area contributed by atoms with Crippen molar-refractivity contribution in [3.8, 4) is 0 Å². The van der Waals surface area contributed by atoms with E-state index in [0.29, 0.717) is 21.7 Å². The predicted molar refractivity (Wildman–Crippen MR) is 133 cm³/mol. The highest BCUT2D eigenvalue weighted by Crippen LogP contribution is 2.43. The average molecular weight is 546 g/mol. The molecular formula is C23H19N3O9S2. The molecule has 1 unspecified atom stereocenters. The SMILES string of the molecule is CC(=O)Nc1ccc(/C=C2\SC(=O)N(CC3OCCc4c3sc(NC(=O)C(=O)O)c4C(=O)O)C2=O)cc1. The van der Waals surface area contributed by atoms with Crippen LogP contribution in [-0.4, -0.2) is 63.2 Å². The molecule has 0 spiro atoms. The highest BCUT2D eigenvalue weighted by Gasteiger charge is 2.40. The first-order valence-electron chi connectivity index (χ1n) is 10.7. The van der Waals surface area contributed by atoms with E-state index in [4.69, 9.17) is 9.84 Å². The number of ether oxygens (including phenoxy) is 1. The molecule has 12 nitrogen and oxygen atoms in total. The lowest BCUT2D eigenvalue weighted by molar-refractivity contribution is -0.147. The smallest absolute Gasteiger partial charge is 0.394 e. The zero-order chi connectivity index (χ0) is 26.9. The Morgan fingerprint density at radius 3 is 2.46 bits per heavy atom. The number of benzene rings is 1. The summed E-state index contributed by atoms with van der Waals surface area (Å²) in [6.45, 7) is 1.30. The van der Waals surface area contributed by atoms with E-state index in [1.165, 1.54) is 6.92 Å². The van der Waals surface area contributed by atoms with E-state index in [9.17, 15) is 33.9 Å². The standard InChI is InChI=1S/C23H19N3O9S2/c1-10(27)24-12-4-2-11(3-5-12)8-15-20(29)26(23(34)36-15)9-14-17-13(6-7-35-14)16(21(30)31)19(37-17)25-18(28)22(32)33/h2-5,8,14H,6-7,9H2,1H3,(H,24,27)(H,25,28)(H,30,31)(H,32,33)/b15-8-. The Hall–Kier alpha value is -4.01. The summed E-state index contributed by atoms with van der Waals surface area (Å²) in [5.74, 6) is -5.28. The van der Waals surface area contributed by atoms with E-state index < -0.39 is 35.1 Å². The van der Waals surface area contributed by atoms with Gasteiger partial charge >= 0.3 is 17.8 Å². The fourth-order valence-corrected chi connectivity index (χ4v) is 5.94. The van der Waals surface area contributed by atoms with Crippen LogP contribution < -0.4 is 10.6 Å². The Kier molecular flexibility index (Phi) is 7.42. The molecule has 3 heterocycles. The lowest BCUT2D eigenvalue weighted by atomic mass is 10.0. The molecule has 0 saturated carbocycles. The highest BCUT2D eigenvalue weighted by molar-refractivity contribution is 8.18. The van der Waals surface area contributed by atoms with Crippen LogP contribution in [0.2, 0.25) is 0 Å². The predicted octanol–water partition coefficient (Wildman–Crippen LogP) is 2.78. The molecule has 4 amide bonds. The van der Waals surface area contributed by atoms with Crippen LogP contribution in [0.1, 0.15) is 39.4 Å². The van der Waals surface area contributed by atoms with E-state index in [1.54, 1.807) is 30.3 Å². The van der Waals surface area contributed by atoms with Gasteiger partial charge in [0.2, 0.25) is 5.91 Å². The maximum atomic E-state index is 13.0. The average Bonchev–Trinajstić information content (AvgIpc) is 3.32. The summed E-state index contributed by atoms with van der Waals surface area (Å²) in [4.78, 5) is 72.8. The van der Waals surface area contributed by atoms with Gasteiger partial charge in [0, 0.05) is 17.5 Å². The first-order valence-corrected chi connectivity index (χ1v) is 12.4. The van der Waals surface area contributed by atoms with E-state index >= 15 is 0 Å². The lowest BCUT2D eigenvalue weighted by Gasteiger charge is -2.26. The van der Waals surface area contributed by atoms with Crippen LogP contribution in [0, 0.1) is 0 Å². The van der Waals surface area contributed by atoms with Gasteiger partial charge < -0.3 is 25.6 Å². The topological polar surface area (TPSA) is 179 Å². The van der Waals surface area contributed by atoms with Gasteiger partial charge in [-0.15, -0.1) is 11.3 Å². The molecule has 0 aliphatic carbocycles. The summed E-state index contributed by atoms with van der Waals surface area (Å²) in [5, 5.41) is 22.6. The highest BCUT2D eigenvalue weighted by atomic mass is 32.2. The Morgan fingerprint density at radius 2 is 1.84 bits per heavy atom. The maximum Gasteiger partial charge on any atom is 0.394 e. The third-order valence-electron chi connectivity index (χ3n) is 5.39. The van der Waals surface area contributed by atoms with Crippen LogP contribution >= 0.6 is 23.1 Å². The third-order valence-corrected chi connectivity index (χ3v) is 7.53. The van der Waals surface area contributed by atoms with E-state index in [1.807, 2.05) is 0 Å². The molecule has 4 N–H and O–H groups in total. The zero-order valence-corrected chi connectivity index (χ0v) is 20.7. The quantitative estimate of drug-likeness (QED) is 0.311. The van der Waals surface area contributed by atoms with Gasteiger partial charge in [-0.25, -0.2) is 9.59 Å². The molecule has 1 aromatic heterocycles. The molecule has 1 saturated heterocycles. The zero-order valence-electron chi connectivity index (χ0n) is 19.1. The fourth-order valence-electron chi connectivity index (χ4n) is 3.82. The molecule has 1 fully saturated rings. The summed E-state index contributed by atoms with van der Waals surface area (Å²) in [6, 6.07) is 6.68. The number of imide groups is 1. The number of carbonyl (C=O) groups is 6. The number of hydrogen-bond acceptors (Lipinski definition) is 9. The lowest BCUT2D eigenvalue weighted by Crippen LogP contribution is -2.34. The van der Waals surface area contributed by atoms with Gasteiger partial charge in [-0.1, -0.05) is 12.1 Å². The number of aromatic carboxylic acids is 1. The molecule has 192 valence electrons. The number of carboxylic acids is 2. The number of nitrogens with one attached hydrogen (secondary N) is 2. The molecule has 1 atom stereocenters. The van der Waals surface area contributed by atoms with Crippen molar-refractivity contribution in [2.45, 2.75) is 19.4 Å². The molecule has 0 radical (unpaired) electrons. The van der Waals surface area contributed by atoms with Crippen LogP contribution in [0.3, 0.4) is 0 Å². The number of nitrogens with zero attached hydrogens (tertiary/aromatic N) is 1. The van der Waals surface area contributed by atoms with E-state index in [-0.39, 0.29) is 40.9 Å². The summed E-state index contributed by atoms with van der Waals surface area (Å²) in [5.41, 5.74) is 1.34. The normalized spacial score (nSPS) is 18.0. The molecular weight excluding hydrogens is 526 g/mol. The van der Waals surface area contributed by atoms with Crippen LogP contribution in [0.4, 0.5) is 15.5 Å². The van der Waals surface area contributed by atoms with Crippen molar-refractivity contribution in [2.75, 3.05) is 23.8 Å². The summed E-state index contributed by atoms with van der Waals surface area (Å²) in [6.07, 6.45) is 0.888. The van der Waals surface area contributed by atoms with Crippen molar-refractivity contribution in [1.82, 2.24) is 4.90 Å². The number of aliphatic carboxylic acids is 1. The molecule has 37 heavy (non-hydrogen) atoms. The van der Waals surface area contributed by atoms with Crippen LogP contribution in [0.25, 0.3) is 6.08 Å². The number of fused-ring (bicyclic) bond motifs is 1. The van der Waals surface area contributed by atoms with E-state index in [0.717, 1.165) is 28.0 Å². The first-order chi connectivity index (χ1) is 17.5. The second-order valence-electron chi connectivity index (χ2n) is 7.92. The van der Waals surface area contributed by atoms with Crippen molar-refractivity contribution >= 4 is 74.8 Å². The second kappa shape index (κ2) is 10.5. The minimum atomic E-state index is -1.77. The van der Waals surface area contributed by atoms with Crippen molar-refractivity contribution < 1.29 is 43.7 Å². The van der Waals surface area contributed by atoms with Crippen molar-refractivity contribution in [2.24, 2.45) is 0 Å². The number of amides is 4. The second-order valence-corrected chi connectivity index (χ2v) is 9.96. The van der Waals surface area contributed by atoms with Crippen molar-refractivity contribution in [3.05, 3.63) is 50.7 Å². The number of rotatable bonds is 6. The minimum absolute atomic E-state index is 0.105. The molecule has 4 rings (SSSR count). The van der Waals surface area contributed by atoms with E-state index in [2.05, 4.69) is 10.6 Å². The number of hydrogen-bond donors (Lipinski definition) is 4. The van der Waals surface area contributed by atoms with Crippen LogP contribution in [0.5, 0.6) is 0 Å². The van der Waals surface area contributed by atoms with Gasteiger partial charge in [0.25, 0.3) is 11.1 Å². The van der Waals surface area contributed by atoms with Gasteiger partial charge in [0.1, 0.15) is 11.1 Å². The number of thioether (sulfide) groups is 1. The number of carbonyl (C=O) groups excluding carboxylic acids is 4. The van der Waals surface area contributed by atoms with Crippen LogP contribution in [0.15, 0.2) is 29.2 Å². The fraction of sp³-hybridized carbons (Fsp3) is 0.217. The Labute approximate surface area is 217 Å². The Balaban J connectivity index is 1.55. The van der Waals surface area contributed by atoms with Gasteiger partial charge in [0.15, 0.2) is 0 Å². The molecule has 0 bridgehead atoms. The number of thiophene rings is 1. The third kappa shape index (κ3) is 5.55. The molecule has 2 aliphatic rings. The first kappa shape index (κ1) is 26.1. The van der Waals surface area contributed by atoms with Gasteiger partial charge in [-0.2, -0.15) is 0 Å². The van der Waals surface area contributed by atoms with Gasteiger partial charge in [0.05, 0.1) is 23.6 Å². The number of carboxylic acid groups (broad SMARTS) is 2. The van der Waals surface area contributed by atoms with Crippen molar-refractivity contribution in [1.29, 1.82) is 0 Å². The van der Waals surface area contributed by atoms with Crippen LogP contribution in [-0.2, 0) is 30.3 Å². The molecule has 1 aromatic carbocycles. The Bertz CT molecular complexity index is 1360. The van der Waals surface area contributed by atoms with Crippen molar-refractivity contribution in [3.63, 3.8) is 0 Å². The summed E-state index contributed by atoms with van der Waals surface area (Å²) in [7, 11) is 0. The monoisotopic (exact) mass is 545 g/mol. The molecule has 2 aromatic rings. The minimum Gasteiger partial charge on any atom is -0.478 e. The van der Waals surface area contributed by atoms with Gasteiger partial charge in [-0.05, 0) is 47.5 Å². The molecule has 14 heteroatoms. The number of anilines is 2. The summed E-state index contributed by atoms with van der Waals surface area (Å²) < 4.78 is 5.74. The van der Waals surface area contributed by atoms with Gasteiger partial charge in [-0.3, -0.25) is 24.1 Å².